The summed E-state index contributed by atoms with van der Waals surface area (Å²) in [7, 11) is 0. The Hall–Kier alpha value is -0.610. The van der Waals surface area contributed by atoms with Crippen LogP contribution in [0.1, 0.15) is 38.1 Å². The molecule has 1 aliphatic rings. The minimum atomic E-state index is 0.448. The normalized spacial score (nSPS) is 22.6. The Kier molecular flexibility index (Phi) is 3.32. The molecule has 2 unspecified atom stereocenters. The van der Waals surface area contributed by atoms with E-state index in [0.29, 0.717) is 11.9 Å². The van der Waals surface area contributed by atoms with E-state index in [0.717, 1.165) is 27.4 Å². The van der Waals surface area contributed by atoms with Gasteiger partial charge in [-0.25, -0.2) is 9.97 Å². The maximum atomic E-state index is 6.02. The fourth-order valence-corrected chi connectivity index (χ4v) is 3.18. The molecule has 18 heavy (non-hydrogen) atoms. The second kappa shape index (κ2) is 4.82. The Morgan fingerprint density at radius 2 is 2.39 bits per heavy atom. The number of halogens is 2. The maximum Gasteiger partial charge on any atom is 0.160 e. The molecule has 0 N–H and O–H groups in total. The van der Waals surface area contributed by atoms with Crippen molar-refractivity contribution in [1.82, 2.24) is 14.5 Å². The van der Waals surface area contributed by atoms with E-state index < -0.39 is 0 Å². The summed E-state index contributed by atoms with van der Waals surface area (Å²) in [6.45, 7) is 2.24. The number of pyridine rings is 1. The number of fused-ring (bicyclic) bond motifs is 1. The zero-order chi connectivity index (χ0) is 12.7. The fraction of sp³-hybridized carbons (Fsp3) is 0.538. The number of aromatic nitrogens is 3. The Labute approximate surface area is 120 Å². The predicted molar refractivity (Wildman–Crippen MR) is 76.8 cm³/mol. The first-order valence-corrected chi connectivity index (χ1v) is 7.65. The number of hydrogen-bond acceptors (Lipinski definition) is 2. The lowest BCUT2D eigenvalue weighted by Gasteiger charge is -2.06. The number of imidazole rings is 1. The molecule has 0 aromatic carbocycles. The van der Waals surface area contributed by atoms with Gasteiger partial charge in [-0.1, -0.05) is 13.3 Å². The molecule has 2 heterocycles. The molecule has 3 rings (SSSR count). The van der Waals surface area contributed by atoms with Gasteiger partial charge in [0.1, 0.15) is 11.3 Å². The molecule has 2 aromatic heterocycles. The fourth-order valence-electron chi connectivity index (χ4n) is 2.68. The lowest BCUT2D eigenvalue weighted by Crippen LogP contribution is -2.02. The van der Waals surface area contributed by atoms with E-state index in [-0.39, 0.29) is 0 Å². The number of nitrogens with zero attached hydrogens (tertiary/aromatic N) is 3. The minimum absolute atomic E-state index is 0.448. The summed E-state index contributed by atoms with van der Waals surface area (Å²) >= 11 is 9.45. The molecule has 0 aliphatic heterocycles. The van der Waals surface area contributed by atoms with Crippen molar-refractivity contribution >= 4 is 38.7 Å². The molecule has 0 amide bonds. The third-order valence-electron chi connectivity index (χ3n) is 3.57. The molecular weight excluding hydrogens is 314 g/mol. The molecule has 0 radical (unpaired) electrons. The Morgan fingerprint density at radius 3 is 3.11 bits per heavy atom. The Morgan fingerprint density at radius 1 is 1.56 bits per heavy atom. The van der Waals surface area contributed by atoms with Crippen LogP contribution >= 0.6 is 27.5 Å². The minimum Gasteiger partial charge on any atom is -0.308 e. The molecule has 0 spiro atoms. The molecular formula is C13H15BrClN3. The van der Waals surface area contributed by atoms with Gasteiger partial charge in [-0.3, -0.25) is 0 Å². The Balaban J connectivity index is 2.04. The molecule has 5 heteroatoms. The second-order valence-corrected chi connectivity index (χ2v) is 6.06. The molecule has 1 fully saturated rings. The van der Waals surface area contributed by atoms with Gasteiger partial charge in [-0.05, 0) is 40.8 Å². The van der Waals surface area contributed by atoms with Gasteiger partial charge in [-0.15, -0.1) is 11.6 Å². The van der Waals surface area contributed by atoms with E-state index in [1.165, 1.54) is 19.3 Å². The third-order valence-corrected chi connectivity index (χ3v) is 4.24. The van der Waals surface area contributed by atoms with Crippen LogP contribution in [0, 0.1) is 5.92 Å². The summed E-state index contributed by atoms with van der Waals surface area (Å²) in [4.78, 5) is 9.09. The van der Waals surface area contributed by atoms with Gasteiger partial charge < -0.3 is 4.57 Å². The van der Waals surface area contributed by atoms with Gasteiger partial charge in [0.2, 0.25) is 0 Å². The van der Waals surface area contributed by atoms with E-state index in [4.69, 9.17) is 11.6 Å². The lowest BCUT2D eigenvalue weighted by molar-refractivity contribution is 0.603. The smallest absolute Gasteiger partial charge is 0.160 e. The van der Waals surface area contributed by atoms with Crippen molar-refractivity contribution in [3.8, 4) is 0 Å². The molecule has 3 nitrogen and oxygen atoms in total. The highest BCUT2D eigenvalue weighted by molar-refractivity contribution is 9.10. The van der Waals surface area contributed by atoms with Crippen LogP contribution < -0.4 is 0 Å². The summed E-state index contributed by atoms with van der Waals surface area (Å²) in [5.41, 5.74) is 1.90. The lowest BCUT2D eigenvalue weighted by atomic mass is 10.2. The van der Waals surface area contributed by atoms with Crippen molar-refractivity contribution in [2.75, 3.05) is 0 Å². The first-order chi connectivity index (χ1) is 8.74. The molecule has 1 saturated carbocycles. The van der Waals surface area contributed by atoms with E-state index >= 15 is 0 Å². The van der Waals surface area contributed by atoms with E-state index in [1.54, 1.807) is 0 Å². The monoisotopic (exact) mass is 327 g/mol. The second-order valence-electron chi connectivity index (χ2n) is 4.88. The predicted octanol–water partition coefficient (Wildman–Crippen LogP) is 4.29. The summed E-state index contributed by atoms with van der Waals surface area (Å²) in [6.07, 6.45) is 5.59. The number of alkyl halides is 1. The average molecular weight is 329 g/mol. The molecule has 0 saturated heterocycles. The van der Waals surface area contributed by atoms with Crippen molar-refractivity contribution in [3.05, 3.63) is 22.6 Å². The third kappa shape index (κ3) is 2.05. The summed E-state index contributed by atoms with van der Waals surface area (Å²) in [5, 5.41) is 0. The first-order valence-electron chi connectivity index (χ1n) is 6.33. The highest BCUT2D eigenvalue weighted by Crippen LogP contribution is 2.48. The molecule has 96 valence electrons. The van der Waals surface area contributed by atoms with E-state index in [9.17, 15) is 0 Å². The van der Waals surface area contributed by atoms with Crippen LogP contribution in [0.3, 0.4) is 0 Å². The summed E-state index contributed by atoms with van der Waals surface area (Å²) in [6, 6.07) is 2.56. The van der Waals surface area contributed by atoms with Crippen LogP contribution in [0.15, 0.2) is 16.7 Å². The summed E-state index contributed by atoms with van der Waals surface area (Å²) in [5.74, 6) is 2.17. The van der Waals surface area contributed by atoms with Crippen LogP contribution in [0.2, 0.25) is 0 Å². The van der Waals surface area contributed by atoms with Crippen molar-refractivity contribution in [2.24, 2.45) is 5.92 Å². The van der Waals surface area contributed by atoms with Crippen molar-refractivity contribution in [1.29, 1.82) is 0 Å². The zero-order valence-corrected chi connectivity index (χ0v) is 12.6. The topological polar surface area (TPSA) is 30.7 Å². The largest absolute Gasteiger partial charge is 0.308 e. The average Bonchev–Trinajstić information content (AvgIpc) is 3.01. The molecule has 1 aliphatic carbocycles. The first kappa shape index (κ1) is 12.4. The molecule has 0 bridgehead atoms. The number of rotatable bonds is 4. The quantitative estimate of drug-likeness (QED) is 0.784. The van der Waals surface area contributed by atoms with Gasteiger partial charge in [0.25, 0.3) is 0 Å². The van der Waals surface area contributed by atoms with Gasteiger partial charge >= 0.3 is 0 Å². The van der Waals surface area contributed by atoms with Crippen LogP contribution in [-0.4, -0.2) is 14.5 Å². The number of hydrogen-bond donors (Lipinski definition) is 0. The van der Waals surface area contributed by atoms with Crippen molar-refractivity contribution in [2.45, 2.75) is 38.1 Å². The SMILES string of the molecule is CCCC1CC1n1c(CCl)nc2cc(Br)cnc21. The molecule has 2 aromatic rings. The standard InChI is InChI=1S/C13H15BrClN3/c1-2-3-8-4-11(8)18-12(6-15)17-10-5-9(14)7-16-13(10)18/h5,7-8,11H,2-4,6H2,1H3. The van der Waals surface area contributed by atoms with Crippen LogP contribution in [0.4, 0.5) is 0 Å². The van der Waals surface area contributed by atoms with Gasteiger partial charge in [0.15, 0.2) is 5.65 Å². The Bertz CT molecular complexity index is 581. The van der Waals surface area contributed by atoms with Gasteiger partial charge in [0, 0.05) is 16.7 Å². The highest BCUT2D eigenvalue weighted by atomic mass is 79.9. The van der Waals surface area contributed by atoms with Crippen LogP contribution in [0.5, 0.6) is 0 Å². The van der Waals surface area contributed by atoms with Crippen molar-refractivity contribution < 1.29 is 0 Å². The van der Waals surface area contributed by atoms with Gasteiger partial charge in [-0.2, -0.15) is 0 Å². The van der Waals surface area contributed by atoms with E-state index in [1.807, 2.05) is 12.3 Å². The maximum absolute atomic E-state index is 6.02. The van der Waals surface area contributed by atoms with Crippen LogP contribution in [-0.2, 0) is 5.88 Å². The summed E-state index contributed by atoms with van der Waals surface area (Å²) < 4.78 is 3.21. The molecule has 2 atom stereocenters. The zero-order valence-electron chi connectivity index (χ0n) is 10.2. The van der Waals surface area contributed by atoms with E-state index in [2.05, 4.69) is 37.4 Å². The highest BCUT2D eigenvalue weighted by Gasteiger charge is 2.40. The van der Waals surface area contributed by atoms with Crippen molar-refractivity contribution in [3.63, 3.8) is 0 Å². The van der Waals surface area contributed by atoms with Crippen LogP contribution in [0.25, 0.3) is 11.2 Å². The van der Waals surface area contributed by atoms with Gasteiger partial charge in [0.05, 0.1) is 5.88 Å².